The normalized spacial score (nSPS) is 15.0. The summed E-state index contributed by atoms with van der Waals surface area (Å²) in [5.41, 5.74) is 2.21. The van der Waals surface area contributed by atoms with E-state index in [-0.39, 0.29) is 11.7 Å². The van der Waals surface area contributed by atoms with Crippen LogP contribution in [0.4, 0.5) is 4.39 Å². The Labute approximate surface area is 165 Å². The van der Waals surface area contributed by atoms with Crippen molar-refractivity contribution >= 4 is 17.2 Å². The number of halogens is 1. The zero-order valence-electron chi connectivity index (χ0n) is 15.4. The number of rotatable bonds is 5. The monoisotopic (exact) mass is 401 g/mol. The van der Waals surface area contributed by atoms with Crippen LogP contribution in [-0.2, 0) is 6.54 Å². The van der Waals surface area contributed by atoms with Crippen molar-refractivity contribution in [3.05, 3.63) is 58.3 Å². The SMILES string of the molecule is COc1ccc(-n2nncc2CN2CCN(C(=O)c3ccsc3)CC2)cc1F. The van der Waals surface area contributed by atoms with Crippen molar-refractivity contribution in [1.82, 2.24) is 24.8 Å². The minimum atomic E-state index is -0.443. The largest absolute Gasteiger partial charge is 0.494 e. The first-order valence-electron chi connectivity index (χ1n) is 8.93. The van der Waals surface area contributed by atoms with Crippen LogP contribution in [0.5, 0.6) is 5.75 Å². The number of methoxy groups -OCH3 is 1. The second-order valence-electron chi connectivity index (χ2n) is 6.54. The van der Waals surface area contributed by atoms with Crippen molar-refractivity contribution in [3.8, 4) is 11.4 Å². The quantitative estimate of drug-likeness (QED) is 0.657. The summed E-state index contributed by atoms with van der Waals surface area (Å²) in [5, 5.41) is 11.9. The number of benzene rings is 1. The number of hydrogen-bond donors (Lipinski definition) is 0. The number of ether oxygens (including phenoxy) is 1. The van der Waals surface area contributed by atoms with Gasteiger partial charge in [-0.1, -0.05) is 5.21 Å². The molecule has 0 spiro atoms. The predicted molar refractivity (Wildman–Crippen MR) is 103 cm³/mol. The Bertz CT molecular complexity index is 951. The molecular formula is C19H20FN5O2S. The van der Waals surface area contributed by atoms with Crippen LogP contribution in [0.1, 0.15) is 16.1 Å². The van der Waals surface area contributed by atoms with Crippen LogP contribution < -0.4 is 4.74 Å². The molecule has 1 aliphatic rings. The minimum absolute atomic E-state index is 0.0846. The van der Waals surface area contributed by atoms with Crippen LogP contribution >= 0.6 is 11.3 Å². The molecule has 0 saturated carbocycles. The number of hydrogen-bond acceptors (Lipinski definition) is 6. The maximum Gasteiger partial charge on any atom is 0.254 e. The number of aromatic nitrogens is 3. The van der Waals surface area contributed by atoms with Crippen molar-refractivity contribution in [2.24, 2.45) is 0 Å². The zero-order chi connectivity index (χ0) is 19.5. The van der Waals surface area contributed by atoms with E-state index >= 15 is 0 Å². The predicted octanol–water partition coefficient (Wildman–Crippen LogP) is 2.43. The Kier molecular flexibility index (Phi) is 5.36. The van der Waals surface area contributed by atoms with Gasteiger partial charge < -0.3 is 9.64 Å². The molecule has 3 aromatic rings. The van der Waals surface area contributed by atoms with Crippen molar-refractivity contribution < 1.29 is 13.9 Å². The lowest BCUT2D eigenvalue weighted by Crippen LogP contribution is -2.48. The molecule has 0 unspecified atom stereocenters. The van der Waals surface area contributed by atoms with Gasteiger partial charge in [0.2, 0.25) is 0 Å². The molecule has 1 saturated heterocycles. The van der Waals surface area contributed by atoms with Crippen LogP contribution in [0.15, 0.2) is 41.2 Å². The standard InChI is InChI=1S/C19H20FN5O2S/c1-27-18-3-2-15(10-17(18)20)25-16(11-21-22-25)12-23-5-7-24(8-6-23)19(26)14-4-9-28-13-14/h2-4,9-11,13H,5-8,12H2,1H3. The molecule has 9 heteroatoms. The molecule has 4 rings (SSSR count). The van der Waals surface area contributed by atoms with Gasteiger partial charge in [-0.05, 0) is 23.6 Å². The fraction of sp³-hybridized carbons (Fsp3) is 0.316. The second kappa shape index (κ2) is 8.07. The molecule has 7 nitrogen and oxygen atoms in total. The topological polar surface area (TPSA) is 63.5 Å². The molecular weight excluding hydrogens is 381 g/mol. The number of carbonyl (C=O) groups excluding carboxylic acids is 1. The molecule has 0 aliphatic carbocycles. The number of amides is 1. The molecule has 146 valence electrons. The number of carbonyl (C=O) groups is 1. The highest BCUT2D eigenvalue weighted by atomic mass is 32.1. The van der Waals surface area contributed by atoms with Crippen LogP contribution in [0.2, 0.25) is 0 Å². The maximum absolute atomic E-state index is 14.0. The third kappa shape index (κ3) is 3.76. The van der Waals surface area contributed by atoms with Crippen LogP contribution in [0, 0.1) is 5.82 Å². The smallest absolute Gasteiger partial charge is 0.254 e. The highest BCUT2D eigenvalue weighted by Crippen LogP contribution is 2.21. The van der Waals surface area contributed by atoms with Crippen LogP contribution in [0.25, 0.3) is 5.69 Å². The van der Waals surface area contributed by atoms with Gasteiger partial charge in [-0.3, -0.25) is 9.69 Å². The molecule has 1 aliphatic heterocycles. The van der Waals surface area contributed by atoms with Crippen LogP contribution in [0.3, 0.4) is 0 Å². The summed E-state index contributed by atoms with van der Waals surface area (Å²) in [6.45, 7) is 3.50. The van der Waals surface area contributed by atoms with Crippen LogP contribution in [-0.4, -0.2) is 64.0 Å². The van der Waals surface area contributed by atoms with Gasteiger partial charge in [-0.2, -0.15) is 11.3 Å². The molecule has 0 atom stereocenters. The van der Waals surface area contributed by atoms with Gasteiger partial charge in [0.1, 0.15) is 0 Å². The van der Waals surface area contributed by atoms with E-state index in [2.05, 4.69) is 15.2 Å². The second-order valence-corrected chi connectivity index (χ2v) is 7.32. The first-order valence-corrected chi connectivity index (χ1v) is 9.87. The van der Waals surface area contributed by atoms with E-state index in [1.165, 1.54) is 24.5 Å². The lowest BCUT2D eigenvalue weighted by atomic mass is 10.2. The van der Waals surface area contributed by atoms with Gasteiger partial charge in [-0.25, -0.2) is 9.07 Å². The fourth-order valence-electron chi connectivity index (χ4n) is 3.28. The molecule has 3 heterocycles. The van der Waals surface area contributed by atoms with Gasteiger partial charge in [0.25, 0.3) is 5.91 Å². The Morgan fingerprint density at radius 1 is 1.25 bits per heavy atom. The van der Waals surface area contributed by atoms with E-state index in [9.17, 15) is 9.18 Å². The summed E-state index contributed by atoms with van der Waals surface area (Å²) in [4.78, 5) is 16.6. The summed E-state index contributed by atoms with van der Waals surface area (Å²) < 4.78 is 20.6. The molecule has 1 amide bonds. The Morgan fingerprint density at radius 3 is 2.75 bits per heavy atom. The molecule has 28 heavy (non-hydrogen) atoms. The summed E-state index contributed by atoms with van der Waals surface area (Å²) in [6.07, 6.45) is 1.69. The summed E-state index contributed by atoms with van der Waals surface area (Å²) >= 11 is 1.53. The highest BCUT2D eigenvalue weighted by Gasteiger charge is 2.23. The Balaban J connectivity index is 1.41. The average molecular weight is 401 g/mol. The van der Waals surface area contributed by atoms with Gasteiger partial charge in [-0.15, -0.1) is 5.10 Å². The van der Waals surface area contributed by atoms with Gasteiger partial charge in [0, 0.05) is 44.2 Å². The van der Waals surface area contributed by atoms with Crippen molar-refractivity contribution in [1.29, 1.82) is 0 Å². The molecule has 1 fully saturated rings. The Hall–Kier alpha value is -2.78. The van der Waals surface area contributed by atoms with Gasteiger partial charge >= 0.3 is 0 Å². The third-order valence-corrected chi connectivity index (χ3v) is 5.50. The lowest BCUT2D eigenvalue weighted by Gasteiger charge is -2.34. The molecule has 1 aromatic carbocycles. The lowest BCUT2D eigenvalue weighted by molar-refractivity contribution is 0.0626. The first-order chi connectivity index (χ1) is 13.7. The number of piperazine rings is 1. The zero-order valence-corrected chi connectivity index (χ0v) is 16.2. The van der Waals surface area contributed by atoms with E-state index in [1.807, 2.05) is 21.7 Å². The van der Waals surface area contributed by atoms with Crippen molar-refractivity contribution in [2.75, 3.05) is 33.3 Å². The summed E-state index contributed by atoms with van der Waals surface area (Å²) in [7, 11) is 1.43. The number of thiophene rings is 1. The fourth-order valence-corrected chi connectivity index (χ4v) is 3.91. The highest BCUT2D eigenvalue weighted by molar-refractivity contribution is 7.08. The van der Waals surface area contributed by atoms with Crippen molar-refractivity contribution in [2.45, 2.75) is 6.54 Å². The maximum atomic E-state index is 14.0. The third-order valence-electron chi connectivity index (χ3n) is 4.81. The van der Waals surface area contributed by atoms with E-state index in [4.69, 9.17) is 4.74 Å². The van der Waals surface area contributed by atoms with E-state index in [1.54, 1.807) is 23.0 Å². The average Bonchev–Trinajstić information content (AvgIpc) is 3.40. The van der Waals surface area contributed by atoms with Crippen molar-refractivity contribution in [3.63, 3.8) is 0 Å². The van der Waals surface area contributed by atoms with E-state index < -0.39 is 5.82 Å². The number of nitrogens with zero attached hydrogens (tertiary/aromatic N) is 5. The molecule has 0 N–H and O–H groups in total. The minimum Gasteiger partial charge on any atom is -0.494 e. The Morgan fingerprint density at radius 2 is 2.07 bits per heavy atom. The summed E-state index contributed by atoms with van der Waals surface area (Å²) in [5.74, 6) is -0.167. The molecule has 2 aromatic heterocycles. The van der Waals surface area contributed by atoms with E-state index in [0.717, 1.165) is 24.3 Å². The molecule has 0 radical (unpaired) electrons. The first kappa shape index (κ1) is 18.6. The van der Waals surface area contributed by atoms with E-state index in [0.29, 0.717) is 25.3 Å². The summed E-state index contributed by atoms with van der Waals surface area (Å²) in [6, 6.07) is 6.56. The molecule has 0 bridgehead atoms. The van der Waals surface area contributed by atoms with Gasteiger partial charge in [0.05, 0.1) is 30.3 Å². The van der Waals surface area contributed by atoms with Gasteiger partial charge in [0.15, 0.2) is 11.6 Å².